The number of hydrogen-bond acceptors (Lipinski definition) is 3. The summed E-state index contributed by atoms with van der Waals surface area (Å²) < 4.78 is 18.8. The number of hydrogen-bond donors (Lipinski definition) is 1. The van der Waals surface area contributed by atoms with E-state index >= 15 is 0 Å². The molecule has 0 spiro atoms. The Bertz CT molecular complexity index is 925. The van der Waals surface area contributed by atoms with Crippen LogP contribution in [-0.4, -0.2) is 25.3 Å². The molecular weight excluding hydrogens is 405 g/mol. The number of rotatable bonds is 10. The Morgan fingerprint density at radius 3 is 2.59 bits per heavy atom. The van der Waals surface area contributed by atoms with Crippen molar-refractivity contribution in [2.24, 2.45) is 5.92 Å². The quantitative estimate of drug-likeness (QED) is 0.461. The average Bonchev–Trinajstić information content (AvgIpc) is 3.25. The third-order valence-corrected chi connectivity index (χ3v) is 6.61. The van der Waals surface area contributed by atoms with E-state index in [2.05, 4.69) is 24.4 Å². The Morgan fingerprint density at radius 2 is 1.91 bits per heavy atom. The minimum atomic E-state index is -0.322. The number of halogens is 1. The van der Waals surface area contributed by atoms with E-state index in [1.54, 1.807) is 6.92 Å². The second-order valence-corrected chi connectivity index (χ2v) is 9.09. The van der Waals surface area contributed by atoms with Gasteiger partial charge in [-0.1, -0.05) is 25.1 Å². The fourth-order valence-corrected chi connectivity index (χ4v) is 4.76. The van der Waals surface area contributed by atoms with Crippen molar-refractivity contribution in [3.05, 3.63) is 65.0 Å². The molecule has 0 aliphatic heterocycles. The summed E-state index contributed by atoms with van der Waals surface area (Å²) in [6.45, 7) is 4.28. The summed E-state index contributed by atoms with van der Waals surface area (Å²) in [4.78, 5) is 23.3. The van der Waals surface area contributed by atoms with Gasteiger partial charge in [0.25, 0.3) is 5.91 Å². The number of carbonyl (C=O) groups excluding carboxylic acids is 2. The third-order valence-electron chi connectivity index (χ3n) is 6.61. The predicted octanol–water partition coefficient (Wildman–Crippen LogP) is 6.01. The highest BCUT2D eigenvalue weighted by Crippen LogP contribution is 2.42. The normalized spacial score (nSPS) is 18.9. The van der Waals surface area contributed by atoms with Crippen LogP contribution in [0.4, 0.5) is 4.39 Å². The van der Waals surface area contributed by atoms with E-state index < -0.39 is 0 Å². The molecule has 0 bridgehead atoms. The molecule has 32 heavy (non-hydrogen) atoms. The predicted molar refractivity (Wildman–Crippen MR) is 125 cm³/mol. The lowest BCUT2D eigenvalue weighted by Crippen LogP contribution is -2.24. The number of ketones is 1. The smallest absolute Gasteiger partial charge is 0.251 e. The van der Waals surface area contributed by atoms with Crippen LogP contribution in [0.5, 0.6) is 5.75 Å². The molecular formula is C27H34FNO3. The number of nitrogens with one attached hydrogen (secondary N) is 1. The first-order chi connectivity index (χ1) is 15.4. The van der Waals surface area contributed by atoms with Gasteiger partial charge in [-0.15, -0.1) is 0 Å². The highest BCUT2D eigenvalue weighted by Gasteiger charge is 2.27. The van der Waals surface area contributed by atoms with Crippen molar-refractivity contribution in [3.63, 3.8) is 0 Å². The Balaban J connectivity index is 1.50. The molecule has 5 heteroatoms. The lowest BCUT2D eigenvalue weighted by molar-refractivity contribution is -0.117. The van der Waals surface area contributed by atoms with Crippen molar-refractivity contribution < 1.29 is 18.7 Å². The van der Waals surface area contributed by atoms with Crippen LogP contribution in [0.15, 0.2) is 42.5 Å². The minimum Gasteiger partial charge on any atom is -0.494 e. The summed E-state index contributed by atoms with van der Waals surface area (Å²) in [5.74, 6) is 1.54. The molecule has 0 aromatic heterocycles. The molecule has 3 atom stereocenters. The average molecular weight is 440 g/mol. The lowest BCUT2D eigenvalue weighted by Gasteiger charge is -2.18. The number of benzene rings is 2. The van der Waals surface area contributed by atoms with Crippen molar-refractivity contribution in [3.8, 4) is 5.75 Å². The van der Waals surface area contributed by atoms with E-state index in [4.69, 9.17) is 4.74 Å². The van der Waals surface area contributed by atoms with E-state index in [1.807, 2.05) is 24.3 Å². The molecule has 1 N–H and O–H groups in total. The van der Waals surface area contributed by atoms with E-state index in [0.717, 1.165) is 24.8 Å². The van der Waals surface area contributed by atoms with Gasteiger partial charge in [-0.25, -0.2) is 4.39 Å². The van der Waals surface area contributed by atoms with E-state index in [-0.39, 0.29) is 17.5 Å². The monoisotopic (exact) mass is 439 g/mol. The zero-order chi connectivity index (χ0) is 23.1. The van der Waals surface area contributed by atoms with E-state index in [9.17, 15) is 14.0 Å². The van der Waals surface area contributed by atoms with Crippen LogP contribution in [0.1, 0.15) is 85.7 Å². The summed E-state index contributed by atoms with van der Waals surface area (Å²) in [5, 5.41) is 2.88. The molecule has 0 saturated heterocycles. The van der Waals surface area contributed by atoms with Crippen molar-refractivity contribution in [1.82, 2.24) is 5.32 Å². The van der Waals surface area contributed by atoms with Crippen molar-refractivity contribution in [2.75, 3.05) is 13.7 Å². The Morgan fingerprint density at radius 1 is 1.16 bits per heavy atom. The van der Waals surface area contributed by atoms with Gasteiger partial charge >= 0.3 is 0 Å². The van der Waals surface area contributed by atoms with Crippen LogP contribution in [0.2, 0.25) is 0 Å². The maximum Gasteiger partial charge on any atom is 0.251 e. The van der Waals surface area contributed by atoms with Crippen LogP contribution in [0, 0.1) is 11.7 Å². The summed E-state index contributed by atoms with van der Waals surface area (Å²) in [6, 6.07) is 13.1. The first-order valence-electron chi connectivity index (χ1n) is 11.6. The number of carbonyl (C=O) groups is 2. The molecule has 4 nitrogen and oxygen atoms in total. The van der Waals surface area contributed by atoms with Crippen molar-refractivity contribution >= 4 is 11.7 Å². The first-order valence-corrected chi connectivity index (χ1v) is 11.6. The highest BCUT2D eigenvalue weighted by molar-refractivity contribution is 5.94. The van der Waals surface area contributed by atoms with E-state index in [1.165, 1.54) is 25.2 Å². The third kappa shape index (κ3) is 6.41. The molecule has 1 saturated carbocycles. The lowest BCUT2D eigenvalue weighted by atomic mass is 9.88. The summed E-state index contributed by atoms with van der Waals surface area (Å²) in [7, 11) is 1.50. The van der Waals surface area contributed by atoms with Crippen LogP contribution in [0.3, 0.4) is 0 Å². The van der Waals surface area contributed by atoms with Crippen LogP contribution < -0.4 is 10.1 Å². The molecule has 2 aromatic rings. The summed E-state index contributed by atoms with van der Waals surface area (Å²) in [6.07, 6.45) is 5.72. The first kappa shape index (κ1) is 24.0. The number of ether oxygens (including phenoxy) is 1. The van der Waals surface area contributed by atoms with Gasteiger partial charge in [0.2, 0.25) is 0 Å². The Kier molecular flexibility index (Phi) is 8.43. The topological polar surface area (TPSA) is 55.4 Å². The summed E-state index contributed by atoms with van der Waals surface area (Å²) in [5.41, 5.74) is 3.06. The van der Waals surface area contributed by atoms with Gasteiger partial charge in [0.1, 0.15) is 5.78 Å². The second-order valence-electron chi connectivity index (χ2n) is 9.09. The molecule has 1 aliphatic rings. The zero-order valence-electron chi connectivity index (χ0n) is 19.3. The Hall–Kier alpha value is -2.69. The molecule has 172 valence electrons. The van der Waals surface area contributed by atoms with E-state index in [0.29, 0.717) is 48.5 Å². The minimum absolute atomic E-state index is 0.0899. The second kappa shape index (κ2) is 11.3. The van der Waals surface area contributed by atoms with Gasteiger partial charge in [0, 0.05) is 18.5 Å². The molecule has 1 fully saturated rings. The summed E-state index contributed by atoms with van der Waals surface area (Å²) >= 11 is 0. The van der Waals surface area contributed by atoms with Crippen molar-refractivity contribution in [1.29, 1.82) is 0 Å². The largest absolute Gasteiger partial charge is 0.494 e. The standard InChI is InChI=1S/C27H34FNO3/c1-18(23-12-13-25(28)26(17-23)32-3)15-20-6-7-24(16-20)21-8-10-22(11-9-21)27(31)29-14-4-5-19(2)30/h8-13,17-18,20,24H,4-7,14-16H2,1-3H3,(H,29,31)/t18-,20+,24+/m0/s1. The van der Waals surface area contributed by atoms with Crippen LogP contribution in [-0.2, 0) is 4.79 Å². The number of Topliss-reactive ketones (excluding diaryl/α,β-unsaturated/α-hetero) is 1. The maximum absolute atomic E-state index is 13.7. The molecule has 2 aromatic carbocycles. The molecule has 1 aliphatic carbocycles. The van der Waals surface area contributed by atoms with Crippen LogP contribution >= 0.6 is 0 Å². The molecule has 0 unspecified atom stereocenters. The molecule has 0 heterocycles. The van der Waals surface area contributed by atoms with Gasteiger partial charge in [0.05, 0.1) is 7.11 Å². The number of amides is 1. The van der Waals surface area contributed by atoms with Gasteiger partial charge in [-0.05, 0) is 92.2 Å². The molecule has 0 radical (unpaired) electrons. The van der Waals surface area contributed by atoms with Crippen molar-refractivity contribution in [2.45, 2.75) is 64.2 Å². The fourth-order valence-electron chi connectivity index (χ4n) is 4.76. The van der Waals surface area contributed by atoms with Gasteiger partial charge in [0.15, 0.2) is 11.6 Å². The number of methoxy groups -OCH3 is 1. The SMILES string of the molecule is COc1cc([C@@H](C)C[C@H]2CC[C@@H](c3ccc(C(=O)NCCCC(C)=O)cc3)C2)ccc1F. The molecule has 1 amide bonds. The maximum atomic E-state index is 13.7. The van der Waals surface area contributed by atoms with Gasteiger partial charge in [-0.2, -0.15) is 0 Å². The molecule has 3 rings (SSSR count). The van der Waals surface area contributed by atoms with Crippen LogP contribution in [0.25, 0.3) is 0 Å². The zero-order valence-corrected chi connectivity index (χ0v) is 19.3. The highest BCUT2D eigenvalue weighted by atomic mass is 19.1. The Labute approximate surface area is 190 Å². The van der Waals surface area contributed by atoms with Gasteiger partial charge in [-0.3, -0.25) is 4.79 Å². The fraction of sp³-hybridized carbons (Fsp3) is 0.481. The van der Waals surface area contributed by atoms with Gasteiger partial charge < -0.3 is 14.8 Å².